The first-order valence-corrected chi connectivity index (χ1v) is 8.77. The second-order valence-corrected chi connectivity index (χ2v) is 6.74. The Morgan fingerprint density at radius 1 is 1.07 bits per heavy atom. The average molecular weight is 403 g/mol. The van der Waals surface area contributed by atoms with Gasteiger partial charge in [-0.1, -0.05) is 41.4 Å². The number of nitrogens with zero attached hydrogens (tertiary/aromatic N) is 2. The molecule has 3 N–H and O–H groups in total. The van der Waals surface area contributed by atoms with Crippen LogP contribution >= 0.6 is 23.2 Å². The fraction of sp³-hybridized carbons (Fsp3) is 0.105. The summed E-state index contributed by atoms with van der Waals surface area (Å²) in [5, 5.41) is 7.27. The molecular weight excluding hydrogens is 387 g/mol. The maximum Gasteiger partial charge on any atom is 0.296 e. The van der Waals surface area contributed by atoms with E-state index in [2.05, 4.69) is 10.4 Å². The van der Waals surface area contributed by atoms with Crippen molar-refractivity contribution in [1.29, 1.82) is 0 Å². The Morgan fingerprint density at radius 2 is 1.67 bits per heavy atom. The number of para-hydroxylation sites is 1. The third-order valence-corrected chi connectivity index (χ3v) is 4.69. The Balaban J connectivity index is 1.90. The summed E-state index contributed by atoms with van der Waals surface area (Å²) in [5.41, 5.74) is 8.26. The smallest absolute Gasteiger partial charge is 0.296 e. The van der Waals surface area contributed by atoms with E-state index in [-0.39, 0.29) is 27.0 Å². The number of ketones is 1. The number of aryl methyl sites for hydroxylation is 1. The van der Waals surface area contributed by atoms with Crippen LogP contribution < -0.4 is 11.1 Å². The summed E-state index contributed by atoms with van der Waals surface area (Å²) in [6.07, 6.45) is 0. The van der Waals surface area contributed by atoms with E-state index in [1.54, 1.807) is 18.5 Å². The summed E-state index contributed by atoms with van der Waals surface area (Å²) >= 11 is 11.9. The van der Waals surface area contributed by atoms with Crippen LogP contribution in [0.4, 0.5) is 11.4 Å². The number of nitrogen functional groups attached to an aromatic ring is 1. The van der Waals surface area contributed by atoms with Crippen molar-refractivity contribution in [3.8, 4) is 5.69 Å². The molecule has 0 unspecified atom stereocenters. The molecule has 3 rings (SSSR count). The predicted octanol–water partition coefficient (Wildman–Crippen LogP) is 4.20. The average Bonchev–Trinajstić information content (AvgIpc) is 2.94. The quantitative estimate of drug-likeness (QED) is 0.388. The van der Waals surface area contributed by atoms with Gasteiger partial charge in [0.1, 0.15) is 0 Å². The Kier molecular flexibility index (Phi) is 5.21. The first-order chi connectivity index (χ1) is 12.8. The van der Waals surface area contributed by atoms with Crippen LogP contribution in [0.25, 0.3) is 5.69 Å². The molecule has 6 nitrogen and oxygen atoms in total. The third-order valence-electron chi connectivity index (χ3n) is 4.06. The van der Waals surface area contributed by atoms with E-state index in [1.165, 1.54) is 12.1 Å². The largest absolute Gasteiger partial charge is 0.396 e. The number of hydrogen-bond acceptors (Lipinski definition) is 4. The molecular formula is C19H16Cl2N4O2. The Labute approximate surface area is 165 Å². The van der Waals surface area contributed by atoms with Gasteiger partial charge in [-0.2, -0.15) is 5.10 Å². The number of aromatic nitrogens is 2. The van der Waals surface area contributed by atoms with Gasteiger partial charge in [0.2, 0.25) is 0 Å². The lowest BCUT2D eigenvalue weighted by Crippen LogP contribution is -2.24. The van der Waals surface area contributed by atoms with Gasteiger partial charge in [0.25, 0.3) is 11.7 Å². The van der Waals surface area contributed by atoms with E-state index in [4.69, 9.17) is 28.9 Å². The molecule has 0 aliphatic rings. The van der Waals surface area contributed by atoms with E-state index in [1.807, 2.05) is 30.3 Å². The van der Waals surface area contributed by atoms with Crippen molar-refractivity contribution in [3.63, 3.8) is 0 Å². The predicted molar refractivity (Wildman–Crippen MR) is 107 cm³/mol. The van der Waals surface area contributed by atoms with Crippen LogP contribution in [0.2, 0.25) is 10.0 Å². The van der Waals surface area contributed by atoms with Gasteiger partial charge in [-0.25, -0.2) is 4.68 Å². The molecule has 0 atom stereocenters. The van der Waals surface area contributed by atoms with Crippen LogP contribution in [0.15, 0.2) is 42.5 Å². The minimum atomic E-state index is -0.814. The van der Waals surface area contributed by atoms with Gasteiger partial charge in [0, 0.05) is 5.69 Å². The van der Waals surface area contributed by atoms with E-state index < -0.39 is 11.7 Å². The lowest BCUT2D eigenvalue weighted by Gasteiger charge is -2.08. The second kappa shape index (κ2) is 7.42. The number of amides is 1. The molecule has 0 saturated carbocycles. The molecule has 138 valence electrons. The van der Waals surface area contributed by atoms with E-state index >= 15 is 0 Å². The van der Waals surface area contributed by atoms with Crippen LogP contribution in [-0.4, -0.2) is 21.5 Å². The number of halogens is 2. The van der Waals surface area contributed by atoms with E-state index in [0.29, 0.717) is 11.4 Å². The number of hydrogen-bond donors (Lipinski definition) is 2. The number of nitrogens with one attached hydrogen (secondary N) is 1. The molecule has 1 aromatic heterocycles. The highest BCUT2D eigenvalue weighted by atomic mass is 35.5. The fourth-order valence-corrected chi connectivity index (χ4v) is 3.24. The maximum atomic E-state index is 12.7. The maximum absolute atomic E-state index is 12.7. The minimum Gasteiger partial charge on any atom is -0.396 e. The van der Waals surface area contributed by atoms with Crippen molar-refractivity contribution < 1.29 is 9.59 Å². The zero-order chi connectivity index (χ0) is 19.7. The highest BCUT2D eigenvalue weighted by molar-refractivity contribution is 6.47. The molecule has 0 radical (unpaired) electrons. The van der Waals surface area contributed by atoms with Gasteiger partial charge < -0.3 is 11.1 Å². The van der Waals surface area contributed by atoms with Crippen LogP contribution in [0.1, 0.15) is 21.7 Å². The van der Waals surface area contributed by atoms with Crippen molar-refractivity contribution >= 4 is 46.3 Å². The van der Waals surface area contributed by atoms with Crippen LogP contribution in [-0.2, 0) is 4.79 Å². The molecule has 0 saturated heterocycles. The highest BCUT2D eigenvalue weighted by Crippen LogP contribution is 2.31. The molecule has 0 fully saturated rings. The zero-order valence-corrected chi connectivity index (χ0v) is 16.1. The van der Waals surface area contributed by atoms with Crippen molar-refractivity contribution in [2.24, 2.45) is 0 Å². The lowest BCUT2D eigenvalue weighted by molar-refractivity contribution is -0.112. The molecule has 0 aliphatic carbocycles. The minimum absolute atomic E-state index is 0.189. The summed E-state index contributed by atoms with van der Waals surface area (Å²) in [7, 11) is 0. The highest BCUT2D eigenvalue weighted by Gasteiger charge is 2.25. The Hall–Kier alpha value is -2.83. The normalized spacial score (nSPS) is 10.7. The van der Waals surface area contributed by atoms with Gasteiger partial charge in [-0.05, 0) is 38.1 Å². The van der Waals surface area contributed by atoms with Crippen molar-refractivity contribution in [2.45, 2.75) is 13.8 Å². The molecule has 8 heteroatoms. The molecule has 0 aliphatic heterocycles. The standard InChI is InChI=1S/C19H16Cl2N4O2/c1-10-16(11(2)25(24-10)13-6-4-3-5-7-13)18(26)19(27)23-12-8-14(20)17(22)15(21)9-12/h3-9H,22H2,1-2H3,(H,23,27). The van der Waals surface area contributed by atoms with E-state index in [9.17, 15) is 9.59 Å². The van der Waals surface area contributed by atoms with E-state index in [0.717, 1.165) is 5.69 Å². The summed E-state index contributed by atoms with van der Waals surface area (Å²) < 4.78 is 1.63. The molecule has 2 aromatic carbocycles. The number of anilines is 2. The van der Waals surface area contributed by atoms with Crippen LogP contribution in [0.3, 0.4) is 0 Å². The number of benzene rings is 2. The SMILES string of the molecule is Cc1nn(-c2ccccc2)c(C)c1C(=O)C(=O)Nc1cc(Cl)c(N)c(Cl)c1. The second-order valence-electron chi connectivity index (χ2n) is 5.93. The van der Waals surface area contributed by atoms with Gasteiger partial charge in [0.15, 0.2) is 0 Å². The summed E-state index contributed by atoms with van der Waals surface area (Å²) in [5.74, 6) is -1.51. The lowest BCUT2D eigenvalue weighted by atomic mass is 10.1. The molecule has 1 amide bonds. The van der Waals surface area contributed by atoms with Gasteiger partial charge >= 0.3 is 0 Å². The number of carbonyl (C=O) groups is 2. The molecule has 3 aromatic rings. The molecule has 1 heterocycles. The summed E-state index contributed by atoms with van der Waals surface area (Å²) in [6.45, 7) is 3.42. The van der Waals surface area contributed by atoms with Crippen LogP contribution in [0, 0.1) is 13.8 Å². The third kappa shape index (κ3) is 3.67. The first kappa shape index (κ1) is 18.9. The molecule has 0 bridgehead atoms. The van der Waals surface area contributed by atoms with Crippen LogP contribution in [0.5, 0.6) is 0 Å². The van der Waals surface area contributed by atoms with Crippen molar-refractivity contribution in [3.05, 3.63) is 69.5 Å². The number of rotatable bonds is 4. The Morgan fingerprint density at radius 3 is 2.26 bits per heavy atom. The summed E-state index contributed by atoms with van der Waals surface area (Å²) in [6, 6.07) is 12.2. The zero-order valence-electron chi connectivity index (χ0n) is 14.6. The monoisotopic (exact) mass is 402 g/mol. The topological polar surface area (TPSA) is 90.0 Å². The number of nitrogens with two attached hydrogens (primary N) is 1. The molecule has 27 heavy (non-hydrogen) atoms. The van der Waals surface area contributed by atoms with Crippen molar-refractivity contribution in [1.82, 2.24) is 9.78 Å². The fourth-order valence-electron chi connectivity index (χ4n) is 2.75. The van der Waals surface area contributed by atoms with Gasteiger partial charge in [0.05, 0.1) is 38.4 Å². The number of Topliss-reactive ketones (excluding diaryl/α,β-unsaturated/α-hetero) is 1. The first-order valence-electron chi connectivity index (χ1n) is 8.01. The van der Waals surface area contributed by atoms with Gasteiger partial charge in [-0.3, -0.25) is 9.59 Å². The van der Waals surface area contributed by atoms with Crippen molar-refractivity contribution in [2.75, 3.05) is 11.1 Å². The molecule has 0 spiro atoms. The van der Waals surface area contributed by atoms with Gasteiger partial charge in [-0.15, -0.1) is 0 Å². The Bertz CT molecular complexity index is 1020. The number of carbonyl (C=O) groups excluding carboxylic acids is 2. The summed E-state index contributed by atoms with van der Waals surface area (Å²) in [4.78, 5) is 25.2.